The van der Waals surface area contributed by atoms with Crippen LogP contribution in [0.15, 0.2) is 9.82 Å². The Morgan fingerprint density at radius 3 is 2.67 bits per heavy atom. The maximum absolute atomic E-state index is 12.7. The van der Waals surface area contributed by atoms with Crippen molar-refractivity contribution in [2.75, 3.05) is 12.8 Å². The lowest BCUT2D eigenvalue weighted by atomic mass is 10.2. The van der Waals surface area contributed by atoms with E-state index in [-0.39, 0.29) is 24.9 Å². The molecule has 0 radical (unpaired) electrons. The number of hydrogen-bond acceptors (Lipinski definition) is 5. The third-order valence-electron chi connectivity index (χ3n) is 3.31. The molecule has 114 valence electrons. The molecule has 0 atom stereocenters. The number of thioether (sulfide) groups is 1. The van der Waals surface area contributed by atoms with Crippen molar-refractivity contribution >= 4 is 23.6 Å². The van der Waals surface area contributed by atoms with Crippen molar-refractivity contribution in [1.82, 2.24) is 14.9 Å². The van der Waals surface area contributed by atoms with Crippen LogP contribution in [0, 0.1) is 6.92 Å². The van der Waals surface area contributed by atoms with E-state index in [4.69, 9.17) is 5.11 Å². The van der Waals surface area contributed by atoms with Crippen LogP contribution in [-0.4, -0.2) is 50.7 Å². The number of carboxylic acid groups (broad SMARTS) is 1. The number of nitrogens with one attached hydrogen (secondary N) is 1. The van der Waals surface area contributed by atoms with Gasteiger partial charge in [-0.25, -0.2) is 4.79 Å². The Morgan fingerprint density at radius 1 is 1.48 bits per heavy atom. The van der Waals surface area contributed by atoms with Crippen molar-refractivity contribution in [3.05, 3.63) is 21.7 Å². The van der Waals surface area contributed by atoms with Gasteiger partial charge in [-0.2, -0.15) is 4.98 Å². The summed E-state index contributed by atoms with van der Waals surface area (Å²) in [6, 6.07) is 0.0953. The molecule has 1 aromatic heterocycles. The van der Waals surface area contributed by atoms with E-state index in [1.807, 2.05) is 0 Å². The van der Waals surface area contributed by atoms with Gasteiger partial charge in [0.05, 0.1) is 12.0 Å². The summed E-state index contributed by atoms with van der Waals surface area (Å²) in [6.45, 7) is 1.82. The molecule has 1 amide bonds. The first-order chi connectivity index (χ1) is 9.93. The predicted molar refractivity (Wildman–Crippen MR) is 77.7 cm³/mol. The maximum atomic E-state index is 12.7. The first-order valence-corrected chi connectivity index (χ1v) is 7.84. The van der Waals surface area contributed by atoms with Crippen LogP contribution in [0.25, 0.3) is 0 Å². The average molecular weight is 311 g/mol. The summed E-state index contributed by atoms with van der Waals surface area (Å²) in [5.41, 5.74) is 0.335. The second-order valence-electron chi connectivity index (χ2n) is 4.92. The molecule has 1 aromatic rings. The molecule has 1 heterocycles. The Balaban J connectivity index is 2.32. The SMILES string of the molecule is CSc1nc(=O)[nH]c(C)c1C(=O)N(CCC(=O)O)C1CC1. The summed E-state index contributed by atoms with van der Waals surface area (Å²) < 4.78 is 0. The number of carbonyl (C=O) groups is 2. The minimum Gasteiger partial charge on any atom is -0.481 e. The molecule has 0 aromatic carbocycles. The number of carboxylic acids is 1. The fraction of sp³-hybridized carbons (Fsp3) is 0.538. The summed E-state index contributed by atoms with van der Waals surface area (Å²) in [4.78, 5) is 42.8. The third-order valence-corrected chi connectivity index (χ3v) is 3.99. The summed E-state index contributed by atoms with van der Waals surface area (Å²) in [5, 5.41) is 9.18. The zero-order valence-corrected chi connectivity index (χ0v) is 12.7. The van der Waals surface area contributed by atoms with E-state index >= 15 is 0 Å². The molecule has 0 saturated heterocycles. The highest BCUT2D eigenvalue weighted by atomic mass is 32.2. The standard InChI is InChI=1S/C13H17N3O4S/c1-7-10(11(21-2)15-13(20)14-7)12(19)16(8-3-4-8)6-5-9(17)18/h8H,3-6H2,1-2H3,(H,17,18)(H,14,15,20). The van der Waals surface area contributed by atoms with Gasteiger partial charge in [0.1, 0.15) is 5.03 Å². The van der Waals surface area contributed by atoms with Gasteiger partial charge in [0, 0.05) is 18.3 Å². The van der Waals surface area contributed by atoms with Crippen molar-refractivity contribution in [3.8, 4) is 0 Å². The Morgan fingerprint density at radius 2 is 2.14 bits per heavy atom. The fourth-order valence-corrected chi connectivity index (χ4v) is 2.77. The van der Waals surface area contributed by atoms with Gasteiger partial charge in [-0.15, -0.1) is 11.8 Å². The maximum Gasteiger partial charge on any atom is 0.346 e. The minimum absolute atomic E-state index is 0.0906. The molecule has 21 heavy (non-hydrogen) atoms. The monoisotopic (exact) mass is 311 g/mol. The molecule has 1 aliphatic rings. The van der Waals surface area contributed by atoms with Gasteiger partial charge in [-0.1, -0.05) is 0 Å². The molecule has 1 saturated carbocycles. The number of nitrogens with zero attached hydrogens (tertiary/aromatic N) is 2. The summed E-state index contributed by atoms with van der Waals surface area (Å²) in [6.07, 6.45) is 3.43. The smallest absolute Gasteiger partial charge is 0.346 e. The van der Waals surface area contributed by atoms with Gasteiger partial charge < -0.3 is 15.0 Å². The molecule has 0 aliphatic heterocycles. The molecule has 2 rings (SSSR count). The number of rotatable bonds is 6. The largest absolute Gasteiger partial charge is 0.481 e. The molecule has 0 bridgehead atoms. The highest BCUT2D eigenvalue weighted by Gasteiger charge is 2.35. The lowest BCUT2D eigenvalue weighted by molar-refractivity contribution is -0.137. The molecule has 1 aliphatic carbocycles. The zero-order chi connectivity index (χ0) is 15.6. The first kappa shape index (κ1) is 15.6. The second kappa shape index (κ2) is 6.30. The van der Waals surface area contributed by atoms with Gasteiger partial charge in [-0.3, -0.25) is 9.59 Å². The van der Waals surface area contributed by atoms with Crippen molar-refractivity contribution in [2.45, 2.75) is 37.3 Å². The highest BCUT2D eigenvalue weighted by molar-refractivity contribution is 7.98. The van der Waals surface area contributed by atoms with E-state index in [2.05, 4.69) is 9.97 Å². The van der Waals surface area contributed by atoms with Gasteiger partial charge in [-0.05, 0) is 26.0 Å². The molecule has 0 spiro atoms. The fourth-order valence-electron chi connectivity index (χ4n) is 2.15. The number of aromatic nitrogens is 2. The van der Waals surface area contributed by atoms with Crippen LogP contribution in [0.5, 0.6) is 0 Å². The number of H-pyrrole nitrogens is 1. The number of amides is 1. The van der Waals surface area contributed by atoms with E-state index in [0.717, 1.165) is 12.8 Å². The number of aliphatic carboxylic acids is 1. The van der Waals surface area contributed by atoms with Gasteiger partial charge >= 0.3 is 11.7 Å². The van der Waals surface area contributed by atoms with Crippen LogP contribution in [0.2, 0.25) is 0 Å². The van der Waals surface area contributed by atoms with E-state index in [1.165, 1.54) is 11.8 Å². The van der Waals surface area contributed by atoms with Crippen molar-refractivity contribution in [2.24, 2.45) is 0 Å². The van der Waals surface area contributed by atoms with E-state index in [9.17, 15) is 14.4 Å². The van der Waals surface area contributed by atoms with Crippen LogP contribution in [0.3, 0.4) is 0 Å². The number of aromatic amines is 1. The Labute approximate surface area is 125 Å². The van der Waals surface area contributed by atoms with E-state index in [1.54, 1.807) is 18.1 Å². The van der Waals surface area contributed by atoms with Gasteiger partial charge in [0.15, 0.2) is 0 Å². The van der Waals surface area contributed by atoms with Crippen molar-refractivity contribution in [1.29, 1.82) is 0 Å². The van der Waals surface area contributed by atoms with Gasteiger partial charge in [0.2, 0.25) is 0 Å². The van der Waals surface area contributed by atoms with E-state index in [0.29, 0.717) is 16.3 Å². The molecule has 8 heteroatoms. The summed E-state index contributed by atoms with van der Waals surface area (Å²) >= 11 is 1.23. The Bertz CT molecular complexity index is 624. The molecule has 7 nitrogen and oxygen atoms in total. The number of carbonyl (C=O) groups excluding carboxylic acids is 1. The lowest BCUT2D eigenvalue weighted by Gasteiger charge is -2.23. The zero-order valence-electron chi connectivity index (χ0n) is 11.9. The normalized spacial score (nSPS) is 14.0. The predicted octanol–water partition coefficient (Wildman–Crippen LogP) is 0.880. The topological polar surface area (TPSA) is 103 Å². The lowest BCUT2D eigenvalue weighted by Crippen LogP contribution is -2.36. The van der Waals surface area contributed by atoms with Crippen molar-refractivity contribution in [3.63, 3.8) is 0 Å². The Kier molecular flexibility index (Phi) is 4.66. The molecular formula is C13H17N3O4S. The molecule has 1 fully saturated rings. The summed E-state index contributed by atoms with van der Waals surface area (Å²) in [7, 11) is 0. The first-order valence-electron chi connectivity index (χ1n) is 6.61. The molecule has 0 unspecified atom stereocenters. The van der Waals surface area contributed by atoms with Crippen LogP contribution < -0.4 is 5.69 Å². The molecule has 2 N–H and O–H groups in total. The number of aryl methyl sites for hydroxylation is 1. The minimum atomic E-state index is -0.935. The summed E-state index contributed by atoms with van der Waals surface area (Å²) in [5.74, 6) is -1.20. The second-order valence-corrected chi connectivity index (χ2v) is 5.72. The molecular weight excluding hydrogens is 294 g/mol. The average Bonchev–Trinajstić information content (AvgIpc) is 3.21. The van der Waals surface area contributed by atoms with Crippen LogP contribution in [-0.2, 0) is 4.79 Å². The van der Waals surface area contributed by atoms with Crippen LogP contribution in [0.1, 0.15) is 35.3 Å². The van der Waals surface area contributed by atoms with Gasteiger partial charge in [0.25, 0.3) is 5.91 Å². The highest BCUT2D eigenvalue weighted by Crippen LogP contribution is 2.30. The van der Waals surface area contributed by atoms with Crippen molar-refractivity contribution < 1.29 is 14.7 Å². The number of hydrogen-bond donors (Lipinski definition) is 2. The van der Waals surface area contributed by atoms with Crippen LogP contribution >= 0.6 is 11.8 Å². The van der Waals surface area contributed by atoms with E-state index < -0.39 is 11.7 Å². The third kappa shape index (κ3) is 3.63. The Hall–Kier alpha value is -1.83. The quantitative estimate of drug-likeness (QED) is 0.597. The van der Waals surface area contributed by atoms with Crippen LogP contribution in [0.4, 0.5) is 0 Å².